The fourth-order valence-electron chi connectivity index (χ4n) is 3.85. The Labute approximate surface area is 181 Å². The summed E-state index contributed by atoms with van der Waals surface area (Å²) < 4.78 is 10.9. The Morgan fingerprint density at radius 3 is 2.74 bits per heavy atom. The summed E-state index contributed by atoms with van der Waals surface area (Å²) >= 11 is 0. The molecule has 0 amide bonds. The lowest BCUT2D eigenvalue weighted by Crippen LogP contribution is -2.29. The van der Waals surface area contributed by atoms with Gasteiger partial charge in [-0.2, -0.15) is 0 Å². The summed E-state index contributed by atoms with van der Waals surface area (Å²) in [4.78, 5) is 25.8. The minimum atomic E-state index is -0.588. The van der Waals surface area contributed by atoms with Crippen molar-refractivity contribution in [3.05, 3.63) is 47.4 Å². The van der Waals surface area contributed by atoms with Crippen molar-refractivity contribution in [3.63, 3.8) is 0 Å². The number of aromatic nitrogens is 3. The van der Waals surface area contributed by atoms with Crippen molar-refractivity contribution < 1.29 is 14.3 Å². The maximum Gasteiger partial charge on any atom is 0.340 e. The normalized spacial score (nSPS) is 16.0. The van der Waals surface area contributed by atoms with E-state index in [9.17, 15) is 4.79 Å². The topological polar surface area (TPSA) is 112 Å². The van der Waals surface area contributed by atoms with Crippen molar-refractivity contribution >= 4 is 28.4 Å². The predicted octanol–water partition coefficient (Wildman–Crippen LogP) is 3.85. The van der Waals surface area contributed by atoms with Gasteiger partial charge in [0.05, 0.1) is 23.8 Å². The summed E-state index contributed by atoms with van der Waals surface area (Å²) in [5.41, 5.74) is 7.93. The van der Waals surface area contributed by atoms with E-state index in [1.54, 1.807) is 31.6 Å². The van der Waals surface area contributed by atoms with Gasteiger partial charge in [0.1, 0.15) is 17.7 Å². The van der Waals surface area contributed by atoms with Crippen LogP contribution in [0.4, 0.5) is 11.6 Å². The van der Waals surface area contributed by atoms with E-state index in [0.29, 0.717) is 29.5 Å². The van der Waals surface area contributed by atoms with Crippen molar-refractivity contribution in [2.75, 3.05) is 12.4 Å². The first-order chi connectivity index (χ1) is 14.8. The second kappa shape index (κ2) is 8.11. The highest BCUT2D eigenvalue weighted by Gasteiger charge is 2.27. The van der Waals surface area contributed by atoms with Gasteiger partial charge in [-0.05, 0) is 49.4 Å². The highest BCUT2D eigenvalue weighted by atomic mass is 16.5. The van der Waals surface area contributed by atoms with Gasteiger partial charge in [0.2, 0.25) is 5.88 Å². The number of pyridine rings is 3. The van der Waals surface area contributed by atoms with Gasteiger partial charge < -0.3 is 20.5 Å². The lowest BCUT2D eigenvalue weighted by Gasteiger charge is -2.24. The third-order valence-electron chi connectivity index (χ3n) is 5.38. The molecule has 3 aromatic rings. The van der Waals surface area contributed by atoms with E-state index in [-0.39, 0.29) is 12.1 Å². The van der Waals surface area contributed by atoms with Gasteiger partial charge in [0.25, 0.3) is 0 Å². The van der Waals surface area contributed by atoms with Crippen LogP contribution < -0.4 is 15.8 Å². The first-order valence-corrected chi connectivity index (χ1v) is 10.4. The van der Waals surface area contributed by atoms with Crippen molar-refractivity contribution in [1.82, 2.24) is 15.0 Å². The van der Waals surface area contributed by atoms with Crippen LogP contribution >= 0.6 is 0 Å². The first-order valence-electron chi connectivity index (χ1n) is 10.4. The Morgan fingerprint density at radius 2 is 2.03 bits per heavy atom. The number of fused-ring (bicyclic) bond motifs is 2. The molecule has 0 radical (unpaired) electrons. The van der Waals surface area contributed by atoms with E-state index in [1.807, 2.05) is 19.9 Å². The predicted molar refractivity (Wildman–Crippen MR) is 119 cm³/mol. The molecule has 8 nitrogen and oxygen atoms in total. The molecule has 31 heavy (non-hydrogen) atoms. The summed E-state index contributed by atoms with van der Waals surface area (Å²) in [5.74, 6) is 1.42. The number of nitrogens with two attached hydrogens (primary N) is 1. The van der Waals surface area contributed by atoms with Crippen molar-refractivity contribution in [3.8, 4) is 5.88 Å². The van der Waals surface area contributed by atoms with Crippen LogP contribution in [0.1, 0.15) is 55.2 Å². The molecular weight excluding hydrogens is 394 g/mol. The minimum Gasteiger partial charge on any atom is -0.481 e. The van der Waals surface area contributed by atoms with Crippen LogP contribution in [0, 0.1) is 0 Å². The summed E-state index contributed by atoms with van der Waals surface area (Å²) in [6, 6.07) is 5.42. The number of anilines is 2. The maximum atomic E-state index is 12.3. The molecular formula is C23H27N5O3. The Hall–Kier alpha value is -3.26. The molecule has 0 saturated heterocycles. The summed E-state index contributed by atoms with van der Waals surface area (Å²) in [6.07, 6.45) is 5.72. The number of nitrogens with zero attached hydrogens (tertiary/aromatic N) is 3. The zero-order valence-corrected chi connectivity index (χ0v) is 18.2. The number of ether oxygens (including phenoxy) is 2. The number of nitrogens with one attached hydrogen (secondary N) is 1. The molecule has 3 aromatic heterocycles. The van der Waals surface area contributed by atoms with E-state index in [1.165, 1.54) is 0 Å². The number of cyclic esters (lactones) is 1. The molecule has 0 saturated carbocycles. The highest BCUT2D eigenvalue weighted by Crippen LogP contribution is 2.33. The number of carbonyl (C=O) groups excluding carboxylic acids is 1. The molecule has 4 heterocycles. The molecule has 4 rings (SSSR count). The number of methoxy groups -OCH3 is 1. The smallest absolute Gasteiger partial charge is 0.340 e. The zero-order chi connectivity index (χ0) is 22.2. The van der Waals surface area contributed by atoms with E-state index in [0.717, 1.165) is 34.9 Å². The minimum absolute atomic E-state index is 0.124. The quantitative estimate of drug-likeness (QED) is 0.577. The van der Waals surface area contributed by atoms with Gasteiger partial charge in [-0.15, -0.1) is 0 Å². The van der Waals surface area contributed by atoms with Crippen LogP contribution in [0.15, 0.2) is 30.6 Å². The molecule has 1 aliphatic heterocycles. The van der Waals surface area contributed by atoms with Crippen LogP contribution in [0.3, 0.4) is 0 Å². The molecule has 0 fully saturated rings. The standard InChI is InChI=1S/C23H27N5O3/c1-5-6-13-9-18-14(22(29)31-13)7-8-19(27-18)28-20-10-15-16(11-25-20)21(30-4)26-12-17(15)23(2,3)24/h7-8,10-13H,5-6,9,24H2,1-4H3,(H,25,27,28)/t13-/m0/s1. The van der Waals surface area contributed by atoms with Gasteiger partial charge >= 0.3 is 5.97 Å². The molecule has 0 spiro atoms. The average molecular weight is 422 g/mol. The van der Waals surface area contributed by atoms with Crippen molar-refractivity contribution in [2.24, 2.45) is 5.73 Å². The highest BCUT2D eigenvalue weighted by molar-refractivity contribution is 5.93. The van der Waals surface area contributed by atoms with Gasteiger partial charge in [-0.3, -0.25) is 0 Å². The average Bonchev–Trinajstić information content (AvgIpc) is 2.72. The largest absolute Gasteiger partial charge is 0.481 e. The summed E-state index contributed by atoms with van der Waals surface area (Å²) in [6.45, 7) is 5.93. The lowest BCUT2D eigenvalue weighted by molar-refractivity contribution is 0.0232. The summed E-state index contributed by atoms with van der Waals surface area (Å²) in [5, 5.41) is 4.94. The molecule has 1 atom stereocenters. The molecule has 1 aliphatic rings. The van der Waals surface area contributed by atoms with Gasteiger partial charge in [0, 0.05) is 24.4 Å². The van der Waals surface area contributed by atoms with E-state index < -0.39 is 5.54 Å². The molecule has 0 bridgehead atoms. The second-order valence-electron chi connectivity index (χ2n) is 8.35. The van der Waals surface area contributed by atoms with Crippen LogP contribution in [-0.4, -0.2) is 34.1 Å². The Morgan fingerprint density at radius 1 is 1.23 bits per heavy atom. The second-order valence-corrected chi connectivity index (χ2v) is 8.35. The molecule has 0 aliphatic carbocycles. The fourth-order valence-corrected chi connectivity index (χ4v) is 3.85. The molecule has 162 valence electrons. The molecule has 3 N–H and O–H groups in total. The number of hydrogen-bond donors (Lipinski definition) is 2. The number of hydrogen-bond acceptors (Lipinski definition) is 8. The number of esters is 1. The Balaban J connectivity index is 1.69. The maximum absolute atomic E-state index is 12.3. The monoisotopic (exact) mass is 421 g/mol. The Kier molecular flexibility index (Phi) is 5.49. The van der Waals surface area contributed by atoms with Crippen molar-refractivity contribution in [2.45, 2.75) is 51.7 Å². The van der Waals surface area contributed by atoms with Gasteiger partial charge in [-0.25, -0.2) is 19.7 Å². The molecule has 0 aromatic carbocycles. The van der Waals surface area contributed by atoms with Crippen LogP contribution in [-0.2, 0) is 16.7 Å². The van der Waals surface area contributed by atoms with E-state index >= 15 is 0 Å². The third kappa shape index (κ3) is 4.16. The zero-order valence-electron chi connectivity index (χ0n) is 18.2. The van der Waals surface area contributed by atoms with Gasteiger partial charge in [0.15, 0.2) is 0 Å². The fraction of sp³-hybridized carbons (Fsp3) is 0.391. The lowest BCUT2D eigenvalue weighted by atomic mass is 9.93. The first kappa shape index (κ1) is 21.0. The van der Waals surface area contributed by atoms with Crippen LogP contribution in [0.2, 0.25) is 0 Å². The summed E-state index contributed by atoms with van der Waals surface area (Å²) in [7, 11) is 1.58. The van der Waals surface area contributed by atoms with E-state index in [2.05, 4.69) is 27.2 Å². The van der Waals surface area contributed by atoms with Crippen molar-refractivity contribution in [1.29, 1.82) is 0 Å². The van der Waals surface area contributed by atoms with Crippen LogP contribution in [0.25, 0.3) is 10.8 Å². The number of carbonyl (C=O) groups is 1. The van der Waals surface area contributed by atoms with E-state index in [4.69, 9.17) is 15.2 Å². The molecule has 0 unspecified atom stereocenters. The third-order valence-corrected chi connectivity index (χ3v) is 5.38. The number of rotatable bonds is 6. The Bertz CT molecular complexity index is 1140. The molecule has 8 heteroatoms. The van der Waals surface area contributed by atoms with Crippen LogP contribution in [0.5, 0.6) is 5.88 Å². The SMILES string of the molecule is CCC[C@H]1Cc2nc(Nc3cc4c(C(C)(C)N)cnc(OC)c4cn3)ccc2C(=O)O1. The van der Waals surface area contributed by atoms with Gasteiger partial charge in [-0.1, -0.05) is 13.3 Å².